The van der Waals surface area contributed by atoms with E-state index in [-0.39, 0.29) is 10.8 Å². The zero-order valence-electron chi connectivity index (χ0n) is 14.1. The minimum Gasteiger partial charge on any atom is -0.303 e. The van der Waals surface area contributed by atoms with Crippen LogP contribution >= 0.6 is 22.7 Å². The third-order valence-electron chi connectivity index (χ3n) is 3.86. The van der Waals surface area contributed by atoms with Gasteiger partial charge < -0.3 is 9.88 Å². The molecule has 0 saturated carbocycles. The molecule has 0 aliphatic rings. The maximum Gasteiger partial charge on any atom is 0.307 e. The fourth-order valence-electron chi connectivity index (χ4n) is 2.44. The quantitative estimate of drug-likeness (QED) is 0.708. The predicted octanol–water partition coefficient (Wildman–Crippen LogP) is 4.07. The average molecular weight is 374 g/mol. The summed E-state index contributed by atoms with van der Waals surface area (Å²) in [5.74, 6) is -0.0780. The number of hydrogen-bond acceptors (Lipinski definition) is 5. The summed E-state index contributed by atoms with van der Waals surface area (Å²) >= 11 is 2.61. The summed E-state index contributed by atoms with van der Waals surface area (Å²) in [5, 5.41) is 7.21. The second-order valence-electron chi connectivity index (χ2n) is 5.85. The normalized spacial score (nSPS) is 10.8. The summed E-state index contributed by atoms with van der Waals surface area (Å²) in [6.45, 7) is 4.51. The lowest BCUT2D eigenvalue weighted by Crippen LogP contribution is -2.17. The molecule has 5 nitrogen and oxygen atoms in total. The highest BCUT2D eigenvalue weighted by molar-refractivity contribution is 7.14. The summed E-state index contributed by atoms with van der Waals surface area (Å²) < 4.78 is 1.71. The molecule has 7 heteroatoms. The number of carbonyl (C=O) groups excluding carboxylic acids is 1. The Labute approximate surface area is 154 Å². The number of carbonyl (C=O) groups is 1. The topological polar surface area (TPSA) is 64.0 Å². The Morgan fingerprint density at radius 3 is 2.60 bits per heavy atom. The number of aryl methyl sites for hydroxylation is 2. The first kappa shape index (κ1) is 17.6. The van der Waals surface area contributed by atoms with Gasteiger partial charge in [-0.1, -0.05) is 41.2 Å². The molecule has 25 heavy (non-hydrogen) atoms. The number of rotatable bonds is 6. The Balaban J connectivity index is 1.53. The van der Waals surface area contributed by atoms with Crippen LogP contribution in [0.15, 0.2) is 39.8 Å². The molecule has 1 amide bonds. The Bertz CT molecular complexity index is 922. The minimum absolute atomic E-state index is 0.0283. The van der Waals surface area contributed by atoms with Crippen LogP contribution in [0.2, 0.25) is 0 Å². The number of anilines is 1. The van der Waals surface area contributed by atoms with Crippen LogP contribution < -0.4 is 10.2 Å². The molecule has 0 bridgehead atoms. The predicted molar refractivity (Wildman–Crippen MR) is 103 cm³/mol. The number of thiazole rings is 2. The van der Waals surface area contributed by atoms with E-state index in [2.05, 4.69) is 10.3 Å². The van der Waals surface area contributed by atoms with Crippen molar-refractivity contribution in [3.8, 4) is 11.3 Å². The average Bonchev–Trinajstić information content (AvgIpc) is 3.17. The Kier molecular flexibility index (Phi) is 5.45. The van der Waals surface area contributed by atoms with Crippen LogP contribution in [-0.2, 0) is 11.3 Å². The van der Waals surface area contributed by atoms with Crippen LogP contribution in [0, 0.1) is 13.8 Å². The van der Waals surface area contributed by atoms with Gasteiger partial charge in [0.1, 0.15) is 0 Å². The van der Waals surface area contributed by atoms with Crippen molar-refractivity contribution in [2.75, 3.05) is 5.32 Å². The van der Waals surface area contributed by atoms with E-state index < -0.39 is 0 Å². The van der Waals surface area contributed by atoms with Crippen molar-refractivity contribution in [3.63, 3.8) is 0 Å². The van der Waals surface area contributed by atoms with Gasteiger partial charge in [0.2, 0.25) is 5.91 Å². The van der Waals surface area contributed by atoms with Crippen LogP contribution in [0.3, 0.4) is 0 Å². The molecule has 0 radical (unpaired) electrons. The van der Waals surface area contributed by atoms with Gasteiger partial charge in [0.25, 0.3) is 0 Å². The van der Waals surface area contributed by atoms with Gasteiger partial charge >= 0.3 is 4.87 Å². The highest BCUT2D eigenvalue weighted by atomic mass is 32.1. The molecule has 2 heterocycles. The van der Waals surface area contributed by atoms with Crippen LogP contribution in [-0.4, -0.2) is 15.5 Å². The maximum absolute atomic E-state index is 12.1. The zero-order valence-corrected chi connectivity index (χ0v) is 15.7. The zero-order chi connectivity index (χ0) is 17.8. The van der Waals surface area contributed by atoms with Crippen molar-refractivity contribution in [1.82, 2.24) is 9.55 Å². The smallest absolute Gasteiger partial charge is 0.303 e. The molecule has 2 aromatic heterocycles. The van der Waals surface area contributed by atoms with Crippen molar-refractivity contribution in [2.45, 2.75) is 33.2 Å². The number of aromatic nitrogens is 2. The van der Waals surface area contributed by atoms with E-state index in [1.807, 2.05) is 48.9 Å². The monoisotopic (exact) mass is 373 g/mol. The Hall–Kier alpha value is -2.25. The van der Waals surface area contributed by atoms with Crippen LogP contribution in [0.1, 0.15) is 24.1 Å². The highest BCUT2D eigenvalue weighted by Crippen LogP contribution is 2.25. The first-order chi connectivity index (χ1) is 12.0. The third-order valence-corrected chi connectivity index (χ3v) is 5.50. The molecule has 0 atom stereocenters. The van der Waals surface area contributed by atoms with Crippen LogP contribution in [0.4, 0.5) is 5.13 Å². The molecule has 130 valence electrons. The standard InChI is InChI=1S/C18H19N3O2S2/c1-12-5-7-14(8-6-12)15-11-24-17(19-15)20-16(22)4-3-9-21-13(2)10-25-18(21)23/h5-8,10-11H,3-4,9H2,1-2H3,(H,19,20,22). The number of nitrogens with zero attached hydrogens (tertiary/aromatic N) is 2. The van der Waals surface area contributed by atoms with Crippen molar-refractivity contribution in [1.29, 1.82) is 0 Å². The summed E-state index contributed by atoms with van der Waals surface area (Å²) in [6, 6.07) is 8.14. The molecule has 1 N–H and O–H groups in total. The highest BCUT2D eigenvalue weighted by Gasteiger charge is 2.09. The van der Waals surface area contributed by atoms with Gasteiger partial charge in [-0.3, -0.25) is 9.59 Å². The fraction of sp³-hybridized carbons (Fsp3) is 0.278. The van der Waals surface area contributed by atoms with Gasteiger partial charge in [0.05, 0.1) is 5.69 Å². The van der Waals surface area contributed by atoms with E-state index in [1.54, 1.807) is 4.57 Å². The maximum atomic E-state index is 12.1. The van der Waals surface area contributed by atoms with E-state index in [9.17, 15) is 9.59 Å². The third kappa shape index (κ3) is 4.43. The van der Waals surface area contributed by atoms with E-state index in [0.29, 0.717) is 24.5 Å². The molecule has 0 unspecified atom stereocenters. The van der Waals surface area contributed by atoms with Crippen molar-refractivity contribution >= 4 is 33.7 Å². The number of benzene rings is 1. The second kappa shape index (κ2) is 7.76. The first-order valence-corrected chi connectivity index (χ1v) is 9.76. The molecular weight excluding hydrogens is 354 g/mol. The van der Waals surface area contributed by atoms with E-state index in [0.717, 1.165) is 17.0 Å². The van der Waals surface area contributed by atoms with Crippen molar-refractivity contribution in [2.24, 2.45) is 0 Å². The lowest BCUT2D eigenvalue weighted by molar-refractivity contribution is -0.116. The van der Waals surface area contributed by atoms with Gasteiger partial charge in [0.15, 0.2) is 5.13 Å². The van der Waals surface area contributed by atoms with Gasteiger partial charge in [-0.15, -0.1) is 11.3 Å². The van der Waals surface area contributed by atoms with Crippen LogP contribution in [0.5, 0.6) is 0 Å². The molecular formula is C18H19N3O2S2. The van der Waals surface area contributed by atoms with E-state index in [4.69, 9.17) is 0 Å². The second-order valence-corrected chi connectivity index (χ2v) is 7.53. The molecule has 0 saturated heterocycles. The molecule has 0 spiro atoms. The van der Waals surface area contributed by atoms with E-state index in [1.165, 1.54) is 28.2 Å². The number of amides is 1. The fourth-order valence-corrected chi connectivity index (χ4v) is 3.94. The minimum atomic E-state index is -0.0780. The molecule has 3 aromatic rings. The largest absolute Gasteiger partial charge is 0.307 e. The van der Waals surface area contributed by atoms with Crippen molar-refractivity contribution in [3.05, 3.63) is 56.0 Å². The molecule has 3 rings (SSSR count). The lowest BCUT2D eigenvalue weighted by Gasteiger charge is -2.04. The number of nitrogens with one attached hydrogen (secondary N) is 1. The van der Waals surface area contributed by atoms with Gasteiger partial charge in [-0.25, -0.2) is 4.98 Å². The molecule has 0 aliphatic carbocycles. The first-order valence-electron chi connectivity index (χ1n) is 8.00. The van der Waals surface area contributed by atoms with Gasteiger partial charge in [-0.05, 0) is 20.3 Å². The number of hydrogen-bond donors (Lipinski definition) is 1. The summed E-state index contributed by atoms with van der Waals surface area (Å²) in [7, 11) is 0. The lowest BCUT2D eigenvalue weighted by atomic mass is 10.1. The molecule has 1 aromatic carbocycles. The van der Waals surface area contributed by atoms with Gasteiger partial charge in [0, 0.05) is 35.0 Å². The molecule has 0 fully saturated rings. The summed E-state index contributed by atoms with van der Waals surface area (Å²) in [6.07, 6.45) is 0.987. The SMILES string of the molecule is Cc1ccc(-c2csc(NC(=O)CCCn3c(C)csc3=O)n2)cc1. The summed E-state index contributed by atoms with van der Waals surface area (Å²) in [5.41, 5.74) is 4.04. The summed E-state index contributed by atoms with van der Waals surface area (Å²) in [4.78, 5) is 28.2. The van der Waals surface area contributed by atoms with Crippen LogP contribution in [0.25, 0.3) is 11.3 Å². The van der Waals surface area contributed by atoms with Gasteiger partial charge in [-0.2, -0.15) is 0 Å². The molecule has 0 aliphatic heterocycles. The Morgan fingerprint density at radius 2 is 1.92 bits per heavy atom. The Morgan fingerprint density at radius 1 is 1.16 bits per heavy atom. The van der Waals surface area contributed by atoms with E-state index >= 15 is 0 Å². The van der Waals surface area contributed by atoms with Crippen molar-refractivity contribution < 1.29 is 4.79 Å².